The van der Waals surface area contributed by atoms with Gasteiger partial charge in [0.25, 0.3) is 0 Å². The molecule has 0 radical (unpaired) electrons. The van der Waals surface area contributed by atoms with Crippen LogP contribution in [0.25, 0.3) is 21.3 Å². The Labute approximate surface area is 101 Å². The van der Waals surface area contributed by atoms with Crippen molar-refractivity contribution in [1.29, 1.82) is 0 Å². The van der Waals surface area contributed by atoms with E-state index in [9.17, 15) is 0 Å². The first-order chi connectivity index (χ1) is 7.86. The molecule has 5 heteroatoms. The summed E-state index contributed by atoms with van der Waals surface area (Å²) < 4.78 is 1.21. The van der Waals surface area contributed by atoms with Gasteiger partial charge in [-0.2, -0.15) is 0 Å². The normalized spacial score (nSPS) is 10.8. The topological polar surface area (TPSA) is 38.7 Å². The van der Waals surface area contributed by atoms with Gasteiger partial charge < -0.3 is 0 Å². The van der Waals surface area contributed by atoms with Crippen LogP contribution in [-0.2, 0) is 0 Å². The molecule has 16 heavy (non-hydrogen) atoms. The van der Waals surface area contributed by atoms with Gasteiger partial charge in [-0.25, -0.2) is 4.98 Å². The lowest BCUT2D eigenvalue weighted by Gasteiger charge is -1.98. The van der Waals surface area contributed by atoms with Crippen LogP contribution in [0.2, 0.25) is 5.15 Å². The maximum atomic E-state index is 6.01. The van der Waals surface area contributed by atoms with Gasteiger partial charge in [0.05, 0.1) is 0 Å². The van der Waals surface area contributed by atoms with E-state index in [2.05, 4.69) is 21.2 Å². The summed E-state index contributed by atoms with van der Waals surface area (Å²) in [6.45, 7) is 0. The average molecular weight is 248 g/mol. The van der Waals surface area contributed by atoms with E-state index in [1.807, 2.05) is 23.6 Å². The third-order valence-electron chi connectivity index (χ3n) is 2.31. The molecule has 0 N–H and O–H groups in total. The fourth-order valence-corrected chi connectivity index (χ4v) is 2.72. The molecular weight excluding hydrogens is 242 g/mol. The van der Waals surface area contributed by atoms with Crippen LogP contribution >= 0.6 is 22.9 Å². The molecule has 3 rings (SSSR count). The highest BCUT2D eigenvalue weighted by atomic mass is 35.5. The highest BCUT2D eigenvalue weighted by Crippen LogP contribution is 2.34. The first kappa shape index (κ1) is 9.69. The third kappa shape index (κ3) is 1.47. The minimum absolute atomic E-state index is 0.388. The van der Waals surface area contributed by atoms with Gasteiger partial charge in [0.2, 0.25) is 0 Å². The Morgan fingerprint density at radius 3 is 2.94 bits per heavy atom. The van der Waals surface area contributed by atoms with E-state index < -0.39 is 0 Å². The summed E-state index contributed by atoms with van der Waals surface area (Å²) in [6.07, 6.45) is 1.35. The molecule has 78 valence electrons. The minimum atomic E-state index is 0.388. The molecule has 0 spiro atoms. The molecule has 0 amide bonds. The molecule has 0 fully saturated rings. The van der Waals surface area contributed by atoms with Crippen molar-refractivity contribution in [1.82, 2.24) is 15.2 Å². The molecule has 0 unspecified atom stereocenters. The number of aromatic nitrogens is 3. The second kappa shape index (κ2) is 3.81. The lowest BCUT2D eigenvalue weighted by Crippen LogP contribution is -1.89. The second-order valence-electron chi connectivity index (χ2n) is 3.24. The quantitative estimate of drug-likeness (QED) is 0.662. The van der Waals surface area contributed by atoms with Gasteiger partial charge in [0, 0.05) is 21.0 Å². The van der Waals surface area contributed by atoms with Crippen LogP contribution in [0.1, 0.15) is 0 Å². The van der Waals surface area contributed by atoms with Gasteiger partial charge in [-0.1, -0.05) is 29.8 Å². The number of halogens is 1. The number of fused-ring (bicyclic) bond motifs is 1. The van der Waals surface area contributed by atoms with Crippen LogP contribution in [0.15, 0.2) is 36.0 Å². The predicted octanol–water partition coefficient (Wildman–Crippen LogP) is 3.41. The van der Waals surface area contributed by atoms with E-state index in [1.165, 1.54) is 11.0 Å². The third-order valence-corrected chi connectivity index (χ3v) is 3.55. The van der Waals surface area contributed by atoms with Crippen molar-refractivity contribution in [3.63, 3.8) is 0 Å². The molecule has 2 heterocycles. The maximum absolute atomic E-state index is 6.01. The molecule has 0 bridgehead atoms. The summed E-state index contributed by atoms with van der Waals surface area (Å²) in [5.74, 6) is 0. The Morgan fingerprint density at radius 2 is 2.06 bits per heavy atom. The van der Waals surface area contributed by atoms with E-state index in [0.29, 0.717) is 10.8 Å². The monoisotopic (exact) mass is 247 g/mol. The molecule has 0 aliphatic rings. The molecule has 0 atom stereocenters. The van der Waals surface area contributed by atoms with Crippen molar-refractivity contribution < 1.29 is 0 Å². The molecule has 0 aliphatic heterocycles. The molecule has 1 aromatic carbocycles. The molecule has 0 aliphatic carbocycles. The number of hydrogen-bond acceptors (Lipinski definition) is 4. The first-order valence-corrected chi connectivity index (χ1v) is 5.92. The van der Waals surface area contributed by atoms with Gasteiger partial charge in [0.15, 0.2) is 5.15 Å². The van der Waals surface area contributed by atoms with Crippen LogP contribution in [0.5, 0.6) is 0 Å². The maximum Gasteiger partial charge on any atom is 0.159 e. The number of rotatable bonds is 1. The SMILES string of the molecule is Clc1ncnnc1-c1csc2ccccc12. The van der Waals surface area contributed by atoms with Crippen molar-refractivity contribution in [2.75, 3.05) is 0 Å². The van der Waals surface area contributed by atoms with Gasteiger partial charge in [-0.3, -0.25) is 0 Å². The van der Waals surface area contributed by atoms with E-state index in [0.717, 1.165) is 10.9 Å². The zero-order valence-corrected chi connectivity index (χ0v) is 9.66. The molecule has 0 saturated heterocycles. The smallest absolute Gasteiger partial charge is 0.159 e. The Balaban J connectivity index is 2.31. The number of benzene rings is 1. The first-order valence-electron chi connectivity index (χ1n) is 4.66. The Hall–Kier alpha value is -1.52. The number of nitrogens with zero attached hydrogens (tertiary/aromatic N) is 3. The zero-order valence-electron chi connectivity index (χ0n) is 8.09. The van der Waals surface area contributed by atoms with Crippen molar-refractivity contribution in [3.05, 3.63) is 41.1 Å². The predicted molar refractivity (Wildman–Crippen MR) is 65.7 cm³/mol. The van der Waals surface area contributed by atoms with Crippen LogP contribution in [-0.4, -0.2) is 15.2 Å². The molecular formula is C11H6ClN3S. The fourth-order valence-electron chi connectivity index (χ4n) is 1.59. The summed E-state index contributed by atoms with van der Waals surface area (Å²) in [4.78, 5) is 3.94. The van der Waals surface area contributed by atoms with Crippen molar-refractivity contribution in [2.24, 2.45) is 0 Å². The van der Waals surface area contributed by atoms with E-state index in [4.69, 9.17) is 11.6 Å². The molecule has 3 aromatic rings. The number of hydrogen-bond donors (Lipinski definition) is 0. The summed E-state index contributed by atoms with van der Waals surface area (Å²) in [7, 11) is 0. The van der Waals surface area contributed by atoms with Crippen LogP contribution in [0.3, 0.4) is 0 Å². The van der Waals surface area contributed by atoms with Crippen molar-refractivity contribution in [2.45, 2.75) is 0 Å². The number of thiophene rings is 1. The van der Waals surface area contributed by atoms with E-state index >= 15 is 0 Å². The Kier molecular flexibility index (Phi) is 2.31. The zero-order chi connectivity index (χ0) is 11.0. The van der Waals surface area contributed by atoms with Gasteiger partial charge in [-0.05, 0) is 6.07 Å². The van der Waals surface area contributed by atoms with E-state index in [1.54, 1.807) is 11.3 Å². The van der Waals surface area contributed by atoms with Crippen LogP contribution < -0.4 is 0 Å². The highest BCUT2D eigenvalue weighted by molar-refractivity contribution is 7.17. The van der Waals surface area contributed by atoms with Gasteiger partial charge in [0.1, 0.15) is 12.0 Å². The summed E-state index contributed by atoms with van der Waals surface area (Å²) >= 11 is 7.67. The Bertz CT molecular complexity index is 650. The second-order valence-corrected chi connectivity index (χ2v) is 4.51. The fraction of sp³-hybridized carbons (Fsp3) is 0. The van der Waals surface area contributed by atoms with Gasteiger partial charge in [-0.15, -0.1) is 21.5 Å². The summed E-state index contributed by atoms with van der Waals surface area (Å²) in [5.41, 5.74) is 1.63. The lowest BCUT2D eigenvalue weighted by atomic mass is 10.1. The average Bonchev–Trinajstić information content (AvgIpc) is 2.74. The molecule has 3 nitrogen and oxygen atoms in total. The van der Waals surface area contributed by atoms with Crippen LogP contribution in [0, 0.1) is 0 Å². The van der Waals surface area contributed by atoms with Crippen LogP contribution in [0.4, 0.5) is 0 Å². The largest absolute Gasteiger partial charge is 0.220 e. The van der Waals surface area contributed by atoms with Gasteiger partial charge >= 0.3 is 0 Å². The molecule has 2 aromatic heterocycles. The summed E-state index contributed by atoms with van der Waals surface area (Å²) in [5, 5.41) is 11.4. The molecule has 0 saturated carbocycles. The van der Waals surface area contributed by atoms with Crippen molar-refractivity contribution in [3.8, 4) is 11.3 Å². The van der Waals surface area contributed by atoms with E-state index in [-0.39, 0.29) is 0 Å². The Morgan fingerprint density at radius 1 is 1.19 bits per heavy atom. The van der Waals surface area contributed by atoms with Crippen molar-refractivity contribution >= 4 is 33.0 Å². The standard InChI is InChI=1S/C11H6ClN3S/c12-11-10(15-14-6-13-11)8-5-16-9-4-2-1-3-7(8)9/h1-6H. The summed E-state index contributed by atoms with van der Waals surface area (Å²) in [6, 6.07) is 8.13. The lowest BCUT2D eigenvalue weighted by molar-refractivity contribution is 0.978. The minimum Gasteiger partial charge on any atom is -0.220 e. The highest BCUT2D eigenvalue weighted by Gasteiger charge is 2.11.